The van der Waals surface area contributed by atoms with Gasteiger partial charge in [-0.1, -0.05) is 51.9 Å². The molecule has 1 atom stereocenters. The van der Waals surface area contributed by atoms with Gasteiger partial charge in [-0.3, -0.25) is 0 Å². The predicted octanol–water partition coefficient (Wildman–Crippen LogP) is 5.46. The highest BCUT2D eigenvalue weighted by molar-refractivity contribution is 7.91. The number of rotatable bonds is 14. The molecule has 0 aromatic heterocycles. The second-order valence-corrected chi connectivity index (χ2v) is 9.66. The molecular formula is C24H35NO4S. The average Bonchev–Trinajstić information content (AvgIpc) is 2.75. The van der Waals surface area contributed by atoms with Crippen LogP contribution in [0.25, 0.3) is 0 Å². The second kappa shape index (κ2) is 12.6. The maximum absolute atomic E-state index is 12.7. The first-order valence-electron chi connectivity index (χ1n) is 11.0. The Morgan fingerprint density at radius 2 is 1.33 bits per heavy atom. The maximum Gasteiger partial charge on any atom is 0.206 e. The van der Waals surface area contributed by atoms with Crippen LogP contribution >= 0.6 is 0 Å². The highest BCUT2D eigenvalue weighted by atomic mass is 32.2. The van der Waals surface area contributed by atoms with Crippen LogP contribution < -0.4 is 10.5 Å². The lowest BCUT2D eigenvalue weighted by Crippen LogP contribution is -2.26. The second-order valence-electron chi connectivity index (χ2n) is 7.71. The molecule has 0 aliphatic rings. The van der Waals surface area contributed by atoms with Gasteiger partial charge < -0.3 is 15.6 Å². The van der Waals surface area contributed by atoms with Crippen LogP contribution in [0.1, 0.15) is 64.7 Å². The van der Waals surface area contributed by atoms with Crippen molar-refractivity contribution in [2.24, 2.45) is 5.73 Å². The van der Waals surface area contributed by atoms with Crippen molar-refractivity contribution in [2.75, 3.05) is 6.54 Å². The number of unbranched alkanes of at least 4 members (excludes halogenated alkanes) is 7. The third-order valence-corrected chi connectivity index (χ3v) is 7.01. The van der Waals surface area contributed by atoms with Gasteiger partial charge in [-0.2, -0.15) is 0 Å². The summed E-state index contributed by atoms with van der Waals surface area (Å²) in [5.74, 6) is 0.650. The molecular weight excluding hydrogens is 398 g/mol. The van der Waals surface area contributed by atoms with Crippen LogP contribution in [0.3, 0.4) is 0 Å². The lowest BCUT2D eigenvalue weighted by atomic mass is 10.1. The van der Waals surface area contributed by atoms with Crippen LogP contribution in [0, 0.1) is 0 Å². The zero-order valence-electron chi connectivity index (χ0n) is 17.9. The molecule has 2 rings (SSSR count). The zero-order chi connectivity index (χ0) is 21.8. The van der Waals surface area contributed by atoms with Crippen molar-refractivity contribution in [1.29, 1.82) is 0 Å². The van der Waals surface area contributed by atoms with Crippen molar-refractivity contribution in [2.45, 2.75) is 80.6 Å². The molecule has 0 aliphatic carbocycles. The van der Waals surface area contributed by atoms with Gasteiger partial charge in [-0.25, -0.2) is 8.42 Å². The average molecular weight is 434 g/mol. The van der Waals surface area contributed by atoms with E-state index in [2.05, 4.69) is 6.92 Å². The molecule has 30 heavy (non-hydrogen) atoms. The summed E-state index contributed by atoms with van der Waals surface area (Å²) < 4.78 is 31.3. The molecule has 0 aliphatic heterocycles. The molecule has 0 radical (unpaired) electrons. The van der Waals surface area contributed by atoms with Gasteiger partial charge >= 0.3 is 0 Å². The number of phenolic OH excluding ortho intramolecular Hbond substituents is 1. The van der Waals surface area contributed by atoms with Gasteiger partial charge in [-0.05, 0) is 61.4 Å². The van der Waals surface area contributed by atoms with E-state index in [0.29, 0.717) is 12.3 Å². The van der Waals surface area contributed by atoms with Crippen molar-refractivity contribution in [3.05, 3.63) is 48.5 Å². The Bertz CT molecular complexity index is 833. The van der Waals surface area contributed by atoms with E-state index in [9.17, 15) is 13.5 Å². The fourth-order valence-corrected chi connectivity index (χ4v) is 4.64. The summed E-state index contributed by atoms with van der Waals surface area (Å²) in [6, 6.07) is 11.9. The molecule has 2 aromatic carbocycles. The van der Waals surface area contributed by atoms with Gasteiger partial charge in [0.05, 0.1) is 9.79 Å². The Balaban J connectivity index is 1.82. The number of ether oxygens (including phenoxy) is 1. The van der Waals surface area contributed by atoms with Crippen molar-refractivity contribution in [1.82, 2.24) is 0 Å². The molecule has 0 bridgehead atoms. The number of benzene rings is 2. The summed E-state index contributed by atoms with van der Waals surface area (Å²) in [5.41, 5.74) is 5.86. The van der Waals surface area contributed by atoms with E-state index in [0.717, 1.165) is 12.8 Å². The minimum atomic E-state index is -3.63. The minimum absolute atomic E-state index is 0.0296. The van der Waals surface area contributed by atoms with E-state index in [1.54, 1.807) is 24.3 Å². The molecule has 2 aromatic rings. The minimum Gasteiger partial charge on any atom is -0.508 e. The summed E-state index contributed by atoms with van der Waals surface area (Å²) in [5, 5.41) is 9.35. The zero-order valence-corrected chi connectivity index (χ0v) is 18.7. The molecule has 0 fully saturated rings. The Morgan fingerprint density at radius 3 is 1.87 bits per heavy atom. The predicted molar refractivity (Wildman–Crippen MR) is 121 cm³/mol. The number of nitrogens with two attached hydrogens (primary N) is 1. The quantitative estimate of drug-likeness (QED) is 0.386. The molecule has 1 unspecified atom stereocenters. The molecule has 0 heterocycles. The molecule has 0 spiro atoms. The monoisotopic (exact) mass is 433 g/mol. The van der Waals surface area contributed by atoms with Crippen LogP contribution in [0.5, 0.6) is 11.5 Å². The Morgan fingerprint density at radius 1 is 0.833 bits per heavy atom. The first-order valence-corrected chi connectivity index (χ1v) is 12.5. The summed E-state index contributed by atoms with van der Waals surface area (Å²) in [6.45, 7) is 2.67. The molecule has 0 saturated heterocycles. The first kappa shape index (κ1) is 24.2. The van der Waals surface area contributed by atoms with Gasteiger partial charge in [0.15, 0.2) is 0 Å². The molecule has 6 heteroatoms. The summed E-state index contributed by atoms with van der Waals surface area (Å²) in [4.78, 5) is 0.330. The standard InChI is InChI=1S/C24H35NO4S/c1-2-3-4-5-6-7-8-9-10-22(19-25)29-21-13-17-24(18-14-21)30(27,28)23-15-11-20(26)12-16-23/h11-18,22,26H,2-10,19,25H2,1H3. The summed E-state index contributed by atoms with van der Waals surface area (Å²) in [7, 11) is -3.63. The van der Waals surface area contributed by atoms with Crippen LogP contribution in [0.4, 0.5) is 0 Å². The number of hydrogen-bond acceptors (Lipinski definition) is 5. The van der Waals surface area contributed by atoms with Gasteiger partial charge in [0, 0.05) is 6.54 Å². The summed E-state index contributed by atoms with van der Waals surface area (Å²) >= 11 is 0. The third kappa shape index (κ3) is 7.65. The fraction of sp³-hybridized carbons (Fsp3) is 0.500. The Labute approximate surface area is 181 Å². The van der Waals surface area contributed by atoms with Gasteiger partial charge in [-0.15, -0.1) is 0 Å². The van der Waals surface area contributed by atoms with E-state index in [1.165, 1.54) is 69.2 Å². The van der Waals surface area contributed by atoms with Crippen LogP contribution in [0.2, 0.25) is 0 Å². The highest BCUT2D eigenvalue weighted by Gasteiger charge is 2.18. The van der Waals surface area contributed by atoms with E-state index >= 15 is 0 Å². The van der Waals surface area contributed by atoms with E-state index in [-0.39, 0.29) is 21.6 Å². The van der Waals surface area contributed by atoms with E-state index < -0.39 is 9.84 Å². The Kier molecular flexibility index (Phi) is 10.2. The number of aromatic hydroxyl groups is 1. The molecule has 166 valence electrons. The van der Waals surface area contributed by atoms with Crippen LogP contribution in [-0.4, -0.2) is 26.2 Å². The van der Waals surface area contributed by atoms with Gasteiger partial charge in [0.2, 0.25) is 9.84 Å². The molecule has 0 saturated carbocycles. The van der Waals surface area contributed by atoms with Crippen molar-refractivity contribution < 1.29 is 18.3 Å². The molecule has 0 amide bonds. The van der Waals surface area contributed by atoms with Crippen molar-refractivity contribution in [3.63, 3.8) is 0 Å². The third-order valence-electron chi connectivity index (χ3n) is 5.23. The highest BCUT2D eigenvalue weighted by Crippen LogP contribution is 2.25. The normalized spacial score (nSPS) is 12.6. The smallest absolute Gasteiger partial charge is 0.206 e. The van der Waals surface area contributed by atoms with E-state index in [1.807, 2.05) is 0 Å². The van der Waals surface area contributed by atoms with Crippen LogP contribution in [0.15, 0.2) is 58.3 Å². The SMILES string of the molecule is CCCCCCCCCCC(CN)Oc1ccc(S(=O)(=O)c2ccc(O)cc2)cc1. The molecule has 3 N–H and O–H groups in total. The lowest BCUT2D eigenvalue weighted by Gasteiger charge is -2.17. The number of phenols is 1. The largest absolute Gasteiger partial charge is 0.508 e. The van der Waals surface area contributed by atoms with Crippen LogP contribution in [-0.2, 0) is 9.84 Å². The fourth-order valence-electron chi connectivity index (χ4n) is 3.38. The lowest BCUT2D eigenvalue weighted by molar-refractivity contribution is 0.194. The Hall–Kier alpha value is -2.05. The van der Waals surface area contributed by atoms with Crippen molar-refractivity contribution in [3.8, 4) is 11.5 Å². The number of sulfone groups is 1. The first-order chi connectivity index (χ1) is 14.5. The van der Waals surface area contributed by atoms with Crippen molar-refractivity contribution >= 4 is 9.84 Å². The van der Waals surface area contributed by atoms with Gasteiger partial charge in [0.25, 0.3) is 0 Å². The topological polar surface area (TPSA) is 89.6 Å². The molecule has 5 nitrogen and oxygen atoms in total. The number of hydrogen-bond donors (Lipinski definition) is 2. The van der Waals surface area contributed by atoms with Gasteiger partial charge in [0.1, 0.15) is 17.6 Å². The summed E-state index contributed by atoms with van der Waals surface area (Å²) in [6.07, 6.45) is 10.9. The maximum atomic E-state index is 12.7. The van der Waals surface area contributed by atoms with E-state index in [4.69, 9.17) is 10.5 Å².